The normalized spacial score (nSPS) is 13.5. The van der Waals surface area contributed by atoms with Crippen LogP contribution in [0.25, 0.3) is 0 Å². The third kappa shape index (κ3) is 6.08. The van der Waals surface area contributed by atoms with Crippen molar-refractivity contribution in [2.45, 2.75) is 57.9 Å². The summed E-state index contributed by atoms with van der Waals surface area (Å²) in [6.45, 7) is 4.12. The highest BCUT2D eigenvalue weighted by atomic mass is 79.9. The lowest BCUT2D eigenvalue weighted by molar-refractivity contribution is -0.145. The molecule has 3 nitrogen and oxygen atoms in total. The standard InChI is InChI=1S/C17H26BrNO2/c1-4-5-6-7-8-12-17(2,16(20)21-3)19-15-11-9-10-14(18)13-15/h9-11,13,19H,4-8,12H2,1-3H3. The summed E-state index contributed by atoms with van der Waals surface area (Å²) >= 11 is 3.45. The SMILES string of the molecule is CCCCCCCC(C)(Nc1cccc(Br)c1)C(=O)OC. The van der Waals surface area contributed by atoms with E-state index in [-0.39, 0.29) is 5.97 Å². The van der Waals surface area contributed by atoms with E-state index < -0.39 is 5.54 Å². The first-order chi connectivity index (χ1) is 10.0. The molecular weight excluding hydrogens is 330 g/mol. The molecule has 0 aromatic heterocycles. The van der Waals surface area contributed by atoms with Gasteiger partial charge in [-0.15, -0.1) is 0 Å². The molecule has 0 bridgehead atoms. The van der Waals surface area contributed by atoms with Gasteiger partial charge in [0.2, 0.25) is 0 Å². The molecule has 1 aromatic rings. The second-order valence-electron chi connectivity index (χ2n) is 5.62. The molecule has 0 heterocycles. The highest BCUT2D eigenvalue weighted by Crippen LogP contribution is 2.25. The minimum atomic E-state index is -0.679. The van der Waals surface area contributed by atoms with E-state index in [0.29, 0.717) is 0 Å². The van der Waals surface area contributed by atoms with Crippen LogP contribution in [-0.2, 0) is 9.53 Å². The lowest BCUT2D eigenvalue weighted by Crippen LogP contribution is -2.44. The van der Waals surface area contributed by atoms with Crippen molar-refractivity contribution < 1.29 is 9.53 Å². The Balaban J connectivity index is 2.67. The molecule has 1 rings (SSSR count). The molecule has 21 heavy (non-hydrogen) atoms. The Morgan fingerprint density at radius 2 is 2.00 bits per heavy atom. The van der Waals surface area contributed by atoms with E-state index >= 15 is 0 Å². The smallest absolute Gasteiger partial charge is 0.331 e. The maximum absolute atomic E-state index is 12.1. The number of halogens is 1. The van der Waals surface area contributed by atoms with E-state index in [1.807, 2.05) is 31.2 Å². The van der Waals surface area contributed by atoms with Gasteiger partial charge in [0.25, 0.3) is 0 Å². The Morgan fingerprint density at radius 1 is 1.29 bits per heavy atom. The molecule has 0 saturated carbocycles. The summed E-state index contributed by atoms with van der Waals surface area (Å²) < 4.78 is 5.97. The summed E-state index contributed by atoms with van der Waals surface area (Å²) in [7, 11) is 1.44. The summed E-state index contributed by atoms with van der Waals surface area (Å²) in [5, 5.41) is 3.33. The molecule has 0 aliphatic carbocycles. The van der Waals surface area contributed by atoms with Crippen LogP contribution in [-0.4, -0.2) is 18.6 Å². The fraction of sp³-hybridized carbons (Fsp3) is 0.588. The number of unbranched alkanes of at least 4 members (excludes halogenated alkanes) is 4. The van der Waals surface area contributed by atoms with Gasteiger partial charge >= 0.3 is 5.97 Å². The molecule has 1 aromatic carbocycles. The Morgan fingerprint density at radius 3 is 2.62 bits per heavy atom. The third-order valence-corrected chi connectivity index (χ3v) is 4.15. The molecule has 1 N–H and O–H groups in total. The zero-order valence-corrected chi connectivity index (χ0v) is 14.8. The number of methoxy groups -OCH3 is 1. The van der Waals surface area contributed by atoms with Gasteiger partial charge in [0.05, 0.1) is 7.11 Å². The number of carbonyl (C=O) groups is 1. The van der Waals surface area contributed by atoms with Crippen molar-refractivity contribution in [1.29, 1.82) is 0 Å². The third-order valence-electron chi connectivity index (χ3n) is 3.66. The number of esters is 1. The fourth-order valence-corrected chi connectivity index (χ4v) is 2.81. The largest absolute Gasteiger partial charge is 0.467 e. The quantitative estimate of drug-likeness (QED) is 0.491. The summed E-state index contributed by atoms with van der Waals surface area (Å²) in [6.07, 6.45) is 6.66. The number of carbonyl (C=O) groups excluding carboxylic acids is 1. The Bertz CT molecular complexity index is 450. The van der Waals surface area contributed by atoms with Crippen LogP contribution < -0.4 is 5.32 Å². The van der Waals surface area contributed by atoms with Crippen LogP contribution in [0, 0.1) is 0 Å². The molecular formula is C17H26BrNO2. The average molecular weight is 356 g/mol. The summed E-state index contributed by atoms with van der Waals surface area (Å²) in [6, 6.07) is 7.85. The van der Waals surface area contributed by atoms with Crippen LogP contribution in [0.4, 0.5) is 5.69 Å². The predicted octanol–water partition coefficient (Wildman–Crippen LogP) is 5.15. The number of benzene rings is 1. The topological polar surface area (TPSA) is 38.3 Å². The minimum Gasteiger partial charge on any atom is -0.467 e. The zero-order valence-electron chi connectivity index (χ0n) is 13.2. The Hall–Kier alpha value is -1.03. The van der Waals surface area contributed by atoms with Gasteiger partial charge in [-0.05, 0) is 31.5 Å². The van der Waals surface area contributed by atoms with Crippen LogP contribution in [0.2, 0.25) is 0 Å². The van der Waals surface area contributed by atoms with Gasteiger partial charge in [-0.25, -0.2) is 4.79 Å². The van der Waals surface area contributed by atoms with Crippen molar-refractivity contribution in [3.05, 3.63) is 28.7 Å². The van der Waals surface area contributed by atoms with Crippen LogP contribution >= 0.6 is 15.9 Å². The first-order valence-corrected chi connectivity index (χ1v) is 8.43. The van der Waals surface area contributed by atoms with Gasteiger partial charge in [0.15, 0.2) is 0 Å². The lowest BCUT2D eigenvalue weighted by Gasteiger charge is -2.29. The van der Waals surface area contributed by atoms with Crippen LogP contribution in [0.1, 0.15) is 52.4 Å². The molecule has 0 fully saturated rings. The van der Waals surface area contributed by atoms with Crippen molar-refractivity contribution in [1.82, 2.24) is 0 Å². The molecule has 4 heteroatoms. The van der Waals surface area contributed by atoms with Gasteiger partial charge in [-0.2, -0.15) is 0 Å². The number of rotatable bonds is 9. The van der Waals surface area contributed by atoms with Crippen molar-refractivity contribution >= 4 is 27.6 Å². The zero-order chi connectivity index (χ0) is 15.7. The Labute approximate surface area is 136 Å². The van der Waals surface area contributed by atoms with Crippen LogP contribution in [0.3, 0.4) is 0 Å². The number of anilines is 1. The second kappa shape index (κ2) is 9.08. The second-order valence-corrected chi connectivity index (χ2v) is 6.54. The van der Waals surface area contributed by atoms with E-state index in [1.54, 1.807) is 0 Å². The lowest BCUT2D eigenvalue weighted by atomic mass is 9.93. The van der Waals surface area contributed by atoms with Gasteiger partial charge in [0.1, 0.15) is 5.54 Å². The predicted molar refractivity (Wildman–Crippen MR) is 91.6 cm³/mol. The van der Waals surface area contributed by atoms with Crippen molar-refractivity contribution in [2.75, 3.05) is 12.4 Å². The van der Waals surface area contributed by atoms with Gasteiger partial charge in [0, 0.05) is 10.2 Å². The van der Waals surface area contributed by atoms with Crippen molar-refractivity contribution in [3.63, 3.8) is 0 Å². The van der Waals surface area contributed by atoms with E-state index in [9.17, 15) is 4.79 Å². The highest BCUT2D eigenvalue weighted by molar-refractivity contribution is 9.10. The molecule has 0 aliphatic rings. The molecule has 0 radical (unpaired) electrons. The van der Waals surface area contributed by atoms with Gasteiger partial charge in [-0.3, -0.25) is 0 Å². The molecule has 118 valence electrons. The fourth-order valence-electron chi connectivity index (χ4n) is 2.41. The molecule has 1 unspecified atom stereocenters. The van der Waals surface area contributed by atoms with Crippen LogP contribution in [0.15, 0.2) is 28.7 Å². The summed E-state index contributed by atoms with van der Waals surface area (Å²) in [5.41, 5.74) is 0.243. The van der Waals surface area contributed by atoms with E-state index in [2.05, 4.69) is 28.2 Å². The van der Waals surface area contributed by atoms with Crippen molar-refractivity contribution in [3.8, 4) is 0 Å². The van der Waals surface area contributed by atoms with Gasteiger partial charge in [-0.1, -0.05) is 61.0 Å². The molecule has 0 spiro atoms. The summed E-state index contributed by atoms with van der Waals surface area (Å²) in [5.74, 6) is -0.210. The van der Waals surface area contributed by atoms with E-state index in [0.717, 1.165) is 29.4 Å². The molecule has 0 saturated heterocycles. The first-order valence-electron chi connectivity index (χ1n) is 7.64. The van der Waals surface area contributed by atoms with Crippen LogP contribution in [0.5, 0.6) is 0 Å². The monoisotopic (exact) mass is 355 g/mol. The highest BCUT2D eigenvalue weighted by Gasteiger charge is 2.33. The van der Waals surface area contributed by atoms with E-state index in [4.69, 9.17) is 4.74 Å². The minimum absolute atomic E-state index is 0.210. The first kappa shape index (κ1) is 18.0. The molecule has 0 aliphatic heterocycles. The maximum atomic E-state index is 12.1. The maximum Gasteiger partial charge on any atom is 0.331 e. The number of hydrogen-bond acceptors (Lipinski definition) is 3. The Kier molecular flexibility index (Phi) is 7.79. The number of ether oxygens (including phenoxy) is 1. The average Bonchev–Trinajstić information content (AvgIpc) is 2.46. The van der Waals surface area contributed by atoms with E-state index in [1.165, 1.54) is 26.4 Å². The molecule has 0 amide bonds. The number of hydrogen-bond donors (Lipinski definition) is 1. The van der Waals surface area contributed by atoms with Gasteiger partial charge < -0.3 is 10.1 Å². The van der Waals surface area contributed by atoms with Crippen molar-refractivity contribution in [2.24, 2.45) is 0 Å². The number of nitrogens with one attached hydrogen (secondary N) is 1. The summed E-state index contributed by atoms with van der Waals surface area (Å²) in [4.78, 5) is 12.1. The molecule has 1 atom stereocenters.